The third kappa shape index (κ3) is 3.34. The van der Waals surface area contributed by atoms with Crippen molar-refractivity contribution in [3.05, 3.63) is 64.7 Å². The minimum absolute atomic E-state index is 0.0875. The maximum Gasteiger partial charge on any atom is 0.326 e. The molecule has 3 amide bonds. The number of aryl methyl sites for hydroxylation is 1. The van der Waals surface area contributed by atoms with Crippen LogP contribution in [0.5, 0.6) is 0 Å². The zero-order valence-corrected chi connectivity index (χ0v) is 17.6. The van der Waals surface area contributed by atoms with E-state index in [-0.39, 0.29) is 11.9 Å². The second-order valence-corrected chi connectivity index (χ2v) is 8.80. The first-order chi connectivity index (χ1) is 14.6. The summed E-state index contributed by atoms with van der Waals surface area (Å²) in [4.78, 5) is 31.8. The molecule has 0 bridgehead atoms. The number of imide groups is 1. The minimum atomic E-state index is -0.787. The number of amides is 3. The number of anilines is 1. The molecule has 6 nitrogen and oxygen atoms in total. The van der Waals surface area contributed by atoms with Crippen LogP contribution in [0, 0.1) is 0 Å². The van der Waals surface area contributed by atoms with Crippen LogP contribution < -0.4 is 10.2 Å². The fraction of sp³-hybridized carbons (Fsp3) is 0.391. The Morgan fingerprint density at radius 1 is 0.933 bits per heavy atom. The maximum atomic E-state index is 13.3. The molecular weight excluding hydrogens is 400 g/mol. The van der Waals surface area contributed by atoms with Crippen molar-refractivity contribution >= 4 is 29.2 Å². The van der Waals surface area contributed by atoms with Crippen molar-refractivity contribution in [1.82, 2.24) is 15.1 Å². The first-order valence-electron chi connectivity index (χ1n) is 10.5. The van der Waals surface area contributed by atoms with E-state index in [4.69, 9.17) is 11.6 Å². The van der Waals surface area contributed by atoms with E-state index < -0.39 is 5.54 Å². The predicted molar refractivity (Wildman–Crippen MR) is 117 cm³/mol. The third-order valence-electron chi connectivity index (χ3n) is 6.58. The van der Waals surface area contributed by atoms with Gasteiger partial charge in [-0.1, -0.05) is 48.0 Å². The summed E-state index contributed by atoms with van der Waals surface area (Å²) in [5, 5.41) is 3.77. The molecule has 2 aromatic rings. The number of carbonyl (C=O) groups is 2. The van der Waals surface area contributed by atoms with Crippen molar-refractivity contribution in [1.29, 1.82) is 0 Å². The fourth-order valence-electron chi connectivity index (χ4n) is 4.87. The quantitative estimate of drug-likeness (QED) is 0.770. The van der Waals surface area contributed by atoms with Gasteiger partial charge in [0.2, 0.25) is 0 Å². The highest BCUT2D eigenvalue weighted by molar-refractivity contribution is 6.33. The Morgan fingerprint density at radius 2 is 1.63 bits per heavy atom. The zero-order valence-electron chi connectivity index (χ0n) is 16.8. The van der Waals surface area contributed by atoms with Gasteiger partial charge in [-0.25, -0.2) is 9.69 Å². The van der Waals surface area contributed by atoms with Crippen molar-refractivity contribution in [3.63, 3.8) is 0 Å². The summed E-state index contributed by atoms with van der Waals surface area (Å²) in [7, 11) is 0. The summed E-state index contributed by atoms with van der Waals surface area (Å²) in [6.45, 7) is 3.51. The van der Waals surface area contributed by atoms with E-state index in [1.165, 1.54) is 10.5 Å². The van der Waals surface area contributed by atoms with Crippen molar-refractivity contribution in [2.24, 2.45) is 0 Å². The second kappa shape index (κ2) is 7.60. The number of halogens is 1. The van der Waals surface area contributed by atoms with Crippen molar-refractivity contribution in [2.45, 2.75) is 24.8 Å². The number of fused-ring (bicyclic) bond motifs is 1. The molecule has 2 aromatic carbocycles. The molecular formula is C23H25ClN4O2. The van der Waals surface area contributed by atoms with Crippen molar-refractivity contribution < 1.29 is 9.59 Å². The molecule has 2 saturated heterocycles. The van der Waals surface area contributed by atoms with Crippen LogP contribution in [0.4, 0.5) is 10.5 Å². The Hall–Kier alpha value is -2.57. The average molecular weight is 425 g/mol. The first kappa shape index (κ1) is 19.4. The highest BCUT2D eigenvalue weighted by Crippen LogP contribution is 2.34. The Kier molecular flexibility index (Phi) is 4.91. The van der Waals surface area contributed by atoms with Gasteiger partial charge in [0.15, 0.2) is 0 Å². The van der Waals surface area contributed by atoms with Crippen LogP contribution in [0.3, 0.4) is 0 Å². The standard InChI is InChI=1S/C23H25ClN4O2/c24-19-7-3-4-8-20(19)27-13-11-26(12-14-27)16-28-21(29)23(25-22(28)30)10-9-17-5-1-2-6-18(17)15-23/h1-8H,9-16H2,(H,25,30). The number of carbonyl (C=O) groups excluding carboxylic acids is 2. The van der Waals surface area contributed by atoms with E-state index in [0.29, 0.717) is 19.5 Å². The number of para-hydroxylation sites is 1. The molecule has 7 heteroatoms. The molecule has 1 aliphatic carbocycles. The Morgan fingerprint density at radius 3 is 2.40 bits per heavy atom. The summed E-state index contributed by atoms with van der Waals surface area (Å²) in [6.07, 6.45) is 2.04. The highest BCUT2D eigenvalue weighted by atomic mass is 35.5. The van der Waals surface area contributed by atoms with Gasteiger partial charge in [0, 0.05) is 32.6 Å². The molecule has 1 N–H and O–H groups in total. The van der Waals surface area contributed by atoms with E-state index in [1.807, 2.05) is 36.4 Å². The topological polar surface area (TPSA) is 55.9 Å². The molecule has 156 valence electrons. The number of rotatable bonds is 3. The van der Waals surface area contributed by atoms with Crippen molar-refractivity contribution in [3.8, 4) is 0 Å². The summed E-state index contributed by atoms with van der Waals surface area (Å²) in [5.74, 6) is -0.0875. The van der Waals surface area contributed by atoms with Crippen LogP contribution >= 0.6 is 11.6 Å². The third-order valence-corrected chi connectivity index (χ3v) is 6.90. The number of urea groups is 1. The van der Waals surface area contributed by atoms with E-state index in [0.717, 1.165) is 48.9 Å². The number of hydrogen-bond acceptors (Lipinski definition) is 4. The van der Waals surface area contributed by atoms with E-state index >= 15 is 0 Å². The second-order valence-electron chi connectivity index (χ2n) is 8.39. The molecule has 5 rings (SSSR count). The number of benzene rings is 2. The average Bonchev–Trinajstić information content (AvgIpc) is 2.98. The van der Waals surface area contributed by atoms with E-state index in [9.17, 15) is 9.59 Å². The normalized spacial score (nSPS) is 24.3. The van der Waals surface area contributed by atoms with Gasteiger partial charge in [-0.05, 0) is 36.1 Å². The maximum absolute atomic E-state index is 13.3. The molecule has 0 saturated carbocycles. The molecule has 3 aliphatic rings. The Labute approximate surface area is 181 Å². The van der Waals surface area contributed by atoms with Gasteiger partial charge >= 0.3 is 6.03 Å². The van der Waals surface area contributed by atoms with Crippen molar-refractivity contribution in [2.75, 3.05) is 37.7 Å². The van der Waals surface area contributed by atoms with Crippen LogP contribution in [-0.2, 0) is 17.6 Å². The molecule has 2 aliphatic heterocycles. The summed E-state index contributed by atoms with van der Waals surface area (Å²) in [5.41, 5.74) is 2.69. The SMILES string of the molecule is O=C1NC2(CCc3ccccc3C2)C(=O)N1CN1CCN(c2ccccc2Cl)CC1. The van der Waals surface area contributed by atoms with Gasteiger partial charge in [0.1, 0.15) is 5.54 Å². The number of hydrogen-bond donors (Lipinski definition) is 1. The van der Waals surface area contributed by atoms with Gasteiger partial charge in [-0.3, -0.25) is 9.69 Å². The molecule has 1 atom stereocenters. The number of nitrogens with zero attached hydrogens (tertiary/aromatic N) is 3. The van der Waals surface area contributed by atoms with Gasteiger partial charge in [-0.15, -0.1) is 0 Å². The molecule has 30 heavy (non-hydrogen) atoms. The van der Waals surface area contributed by atoms with Crippen LogP contribution in [0.25, 0.3) is 0 Å². The predicted octanol–water partition coefficient (Wildman–Crippen LogP) is 2.90. The monoisotopic (exact) mass is 424 g/mol. The highest BCUT2D eigenvalue weighted by Gasteiger charge is 2.52. The van der Waals surface area contributed by atoms with Gasteiger partial charge in [0.05, 0.1) is 17.4 Å². The summed E-state index contributed by atoms with van der Waals surface area (Å²) in [6, 6.07) is 15.8. The molecule has 2 heterocycles. The van der Waals surface area contributed by atoms with E-state index in [1.54, 1.807) is 0 Å². The number of piperazine rings is 1. The first-order valence-corrected chi connectivity index (χ1v) is 10.9. The van der Waals surface area contributed by atoms with Gasteiger partial charge in [0.25, 0.3) is 5.91 Å². The van der Waals surface area contributed by atoms with Crippen LogP contribution in [0.2, 0.25) is 5.02 Å². The minimum Gasteiger partial charge on any atom is -0.368 e. The molecule has 0 radical (unpaired) electrons. The lowest BCUT2D eigenvalue weighted by molar-refractivity contribution is -0.133. The smallest absolute Gasteiger partial charge is 0.326 e. The zero-order chi connectivity index (χ0) is 20.7. The lowest BCUT2D eigenvalue weighted by atomic mass is 9.78. The lowest BCUT2D eigenvalue weighted by Gasteiger charge is -2.37. The molecule has 0 aromatic heterocycles. The largest absolute Gasteiger partial charge is 0.368 e. The van der Waals surface area contributed by atoms with E-state index in [2.05, 4.69) is 27.2 Å². The Bertz CT molecular complexity index is 989. The molecule has 2 fully saturated rings. The lowest BCUT2D eigenvalue weighted by Crippen LogP contribution is -2.53. The summed E-state index contributed by atoms with van der Waals surface area (Å²) >= 11 is 6.33. The number of nitrogens with one attached hydrogen (secondary N) is 1. The Balaban J connectivity index is 1.24. The van der Waals surface area contributed by atoms with Crippen LogP contribution in [-0.4, -0.2) is 60.1 Å². The van der Waals surface area contributed by atoms with Gasteiger partial charge < -0.3 is 10.2 Å². The molecule has 1 unspecified atom stereocenters. The summed E-state index contributed by atoms with van der Waals surface area (Å²) < 4.78 is 0. The van der Waals surface area contributed by atoms with Crippen LogP contribution in [0.1, 0.15) is 17.5 Å². The fourth-order valence-corrected chi connectivity index (χ4v) is 5.12. The molecule has 1 spiro atoms. The van der Waals surface area contributed by atoms with Crippen LogP contribution in [0.15, 0.2) is 48.5 Å². The van der Waals surface area contributed by atoms with Gasteiger partial charge in [-0.2, -0.15) is 0 Å².